The van der Waals surface area contributed by atoms with Crippen LogP contribution in [0.5, 0.6) is 0 Å². The van der Waals surface area contributed by atoms with E-state index in [-0.39, 0.29) is 0 Å². The Bertz CT molecular complexity index is 268. The van der Waals surface area contributed by atoms with Gasteiger partial charge in [-0.05, 0) is 32.9 Å². The van der Waals surface area contributed by atoms with Crippen LogP contribution in [0.4, 0.5) is 0 Å². The number of piperazine rings is 1. The van der Waals surface area contributed by atoms with Crippen molar-refractivity contribution in [1.29, 1.82) is 0 Å². The quantitative estimate of drug-likeness (QED) is 0.765. The minimum atomic E-state index is 0.610. The van der Waals surface area contributed by atoms with Crippen LogP contribution in [0.15, 0.2) is 0 Å². The van der Waals surface area contributed by atoms with Crippen LogP contribution in [0, 0.1) is 5.92 Å². The molecule has 0 aromatic carbocycles. The lowest BCUT2D eigenvalue weighted by atomic mass is 9.97. The second-order valence-corrected chi connectivity index (χ2v) is 6.49. The second-order valence-electron chi connectivity index (χ2n) is 6.49. The van der Waals surface area contributed by atoms with Gasteiger partial charge in [-0.3, -0.25) is 4.90 Å². The molecule has 2 fully saturated rings. The van der Waals surface area contributed by atoms with Crippen LogP contribution >= 0.6 is 0 Å². The van der Waals surface area contributed by atoms with Crippen LogP contribution < -0.4 is 5.32 Å². The molecule has 3 unspecified atom stereocenters. The summed E-state index contributed by atoms with van der Waals surface area (Å²) in [5.41, 5.74) is 0. The largest absolute Gasteiger partial charge is 0.381 e. The Hall–Kier alpha value is -0.160. The Kier molecular flexibility index (Phi) is 6.75. The molecule has 0 aromatic rings. The third-order valence-electron chi connectivity index (χ3n) is 4.98. The molecule has 0 spiro atoms. The van der Waals surface area contributed by atoms with Gasteiger partial charge in [0.15, 0.2) is 0 Å². The molecule has 2 saturated heterocycles. The summed E-state index contributed by atoms with van der Waals surface area (Å²) in [4.78, 5) is 5.18. The summed E-state index contributed by atoms with van der Waals surface area (Å²) in [5.74, 6) is 0.710. The molecule has 0 amide bonds. The molecule has 2 rings (SSSR count). The number of nitrogens with zero attached hydrogens (tertiary/aromatic N) is 2. The van der Waals surface area contributed by atoms with Crippen molar-refractivity contribution in [1.82, 2.24) is 15.1 Å². The molecule has 118 valence electrons. The van der Waals surface area contributed by atoms with Crippen molar-refractivity contribution < 1.29 is 4.74 Å². The molecule has 0 aromatic heterocycles. The van der Waals surface area contributed by atoms with E-state index < -0.39 is 0 Å². The molecule has 2 aliphatic heterocycles. The van der Waals surface area contributed by atoms with E-state index >= 15 is 0 Å². The summed E-state index contributed by atoms with van der Waals surface area (Å²) in [7, 11) is 2.27. The zero-order valence-corrected chi connectivity index (χ0v) is 13.6. The average Bonchev–Trinajstić information content (AvgIpc) is 2.99. The van der Waals surface area contributed by atoms with Gasteiger partial charge in [0.1, 0.15) is 0 Å². The number of rotatable bonds is 7. The second kappa shape index (κ2) is 8.32. The van der Waals surface area contributed by atoms with Crippen molar-refractivity contribution in [3.63, 3.8) is 0 Å². The molecule has 4 heteroatoms. The summed E-state index contributed by atoms with van der Waals surface area (Å²) in [5, 5.41) is 3.77. The molecule has 20 heavy (non-hydrogen) atoms. The molecule has 0 saturated carbocycles. The van der Waals surface area contributed by atoms with Crippen molar-refractivity contribution in [3.8, 4) is 0 Å². The standard InChI is InChI=1S/C16H33N3O/c1-4-7-17-16(14-6-10-20-13-14)12-19-9-8-18(3)15(5-2)11-19/h14-17H,4-13H2,1-3H3. The molecule has 0 bridgehead atoms. The number of hydrogen-bond donors (Lipinski definition) is 1. The van der Waals surface area contributed by atoms with Crippen molar-refractivity contribution in [2.45, 2.75) is 45.2 Å². The molecule has 2 aliphatic rings. The number of ether oxygens (including phenoxy) is 1. The van der Waals surface area contributed by atoms with Gasteiger partial charge in [0.25, 0.3) is 0 Å². The van der Waals surface area contributed by atoms with Gasteiger partial charge in [-0.1, -0.05) is 13.8 Å². The third kappa shape index (κ3) is 4.42. The van der Waals surface area contributed by atoms with Gasteiger partial charge in [-0.25, -0.2) is 0 Å². The van der Waals surface area contributed by atoms with E-state index in [9.17, 15) is 0 Å². The molecule has 3 atom stereocenters. The lowest BCUT2D eigenvalue weighted by Gasteiger charge is -2.41. The summed E-state index contributed by atoms with van der Waals surface area (Å²) >= 11 is 0. The zero-order chi connectivity index (χ0) is 14.4. The van der Waals surface area contributed by atoms with Crippen molar-refractivity contribution in [2.24, 2.45) is 5.92 Å². The fourth-order valence-electron chi connectivity index (χ4n) is 3.48. The molecular formula is C16H33N3O. The zero-order valence-electron chi connectivity index (χ0n) is 13.6. The van der Waals surface area contributed by atoms with E-state index in [1.54, 1.807) is 0 Å². The van der Waals surface area contributed by atoms with Gasteiger partial charge in [0.2, 0.25) is 0 Å². The average molecular weight is 283 g/mol. The van der Waals surface area contributed by atoms with E-state index in [1.165, 1.54) is 45.4 Å². The molecule has 0 radical (unpaired) electrons. The van der Waals surface area contributed by atoms with Crippen LogP contribution in [0.2, 0.25) is 0 Å². The van der Waals surface area contributed by atoms with Gasteiger partial charge in [0.05, 0.1) is 6.61 Å². The van der Waals surface area contributed by atoms with Gasteiger partial charge >= 0.3 is 0 Å². The van der Waals surface area contributed by atoms with Crippen LogP contribution in [0.25, 0.3) is 0 Å². The highest BCUT2D eigenvalue weighted by Crippen LogP contribution is 2.19. The predicted octanol–water partition coefficient (Wildman–Crippen LogP) is 1.42. The molecule has 0 aliphatic carbocycles. The van der Waals surface area contributed by atoms with Crippen molar-refractivity contribution in [3.05, 3.63) is 0 Å². The summed E-state index contributed by atoms with van der Waals surface area (Å²) in [6.07, 6.45) is 3.70. The first-order chi connectivity index (χ1) is 9.74. The smallest absolute Gasteiger partial charge is 0.0510 e. The Balaban J connectivity index is 1.86. The van der Waals surface area contributed by atoms with Crippen LogP contribution in [-0.4, -0.2) is 74.9 Å². The lowest BCUT2D eigenvalue weighted by Crippen LogP contribution is -2.55. The third-order valence-corrected chi connectivity index (χ3v) is 4.98. The van der Waals surface area contributed by atoms with Gasteiger partial charge in [-0.15, -0.1) is 0 Å². The van der Waals surface area contributed by atoms with Crippen LogP contribution in [0.3, 0.4) is 0 Å². The highest BCUT2D eigenvalue weighted by atomic mass is 16.5. The van der Waals surface area contributed by atoms with Crippen molar-refractivity contribution >= 4 is 0 Å². The van der Waals surface area contributed by atoms with Gasteiger partial charge in [-0.2, -0.15) is 0 Å². The number of nitrogens with one attached hydrogen (secondary N) is 1. The summed E-state index contributed by atoms with van der Waals surface area (Å²) < 4.78 is 5.60. The van der Waals surface area contributed by atoms with Crippen LogP contribution in [-0.2, 0) is 4.74 Å². The van der Waals surface area contributed by atoms with Crippen molar-refractivity contribution in [2.75, 3.05) is 53.0 Å². The Morgan fingerprint density at radius 3 is 2.80 bits per heavy atom. The fraction of sp³-hybridized carbons (Fsp3) is 1.00. The maximum Gasteiger partial charge on any atom is 0.0510 e. The molecule has 4 nitrogen and oxygen atoms in total. The molecular weight excluding hydrogens is 250 g/mol. The number of likely N-dealkylation sites (N-methyl/N-ethyl adjacent to an activating group) is 1. The Morgan fingerprint density at radius 2 is 2.15 bits per heavy atom. The molecule has 2 heterocycles. The van der Waals surface area contributed by atoms with Crippen LogP contribution in [0.1, 0.15) is 33.1 Å². The van der Waals surface area contributed by atoms with E-state index in [1.807, 2.05) is 0 Å². The monoisotopic (exact) mass is 283 g/mol. The predicted molar refractivity (Wildman–Crippen MR) is 84.2 cm³/mol. The van der Waals surface area contributed by atoms with E-state index in [2.05, 4.69) is 36.0 Å². The highest BCUT2D eigenvalue weighted by molar-refractivity contribution is 4.86. The SMILES string of the molecule is CCCNC(CN1CCN(C)C(CC)C1)C1CCOC1. The first-order valence-corrected chi connectivity index (χ1v) is 8.48. The molecule has 1 N–H and O–H groups in total. The Morgan fingerprint density at radius 1 is 1.30 bits per heavy atom. The maximum atomic E-state index is 5.60. The van der Waals surface area contributed by atoms with E-state index in [0.29, 0.717) is 12.0 Å². The minimum absolute atomic E-state index is 0.610. The van der Waals surface area contributed by atoms with Gasteiger partial charge < -0.3 is 15.0 Å². The number of hydrogen-bond acceptors (Lipinski definition) is 4. The summed E-state index contributed by atoms with van der Waals surface area (Å²) in [6, 6.07) is 1.34. The lowest BCUT2D eigenvalue weighted by molar-refractivity contribution is 0.0773. The normalized spacial score (nSPS) is 30.8. The maximum absolute atomic E-state index is 5.60. The van der Waals surface area contributed by atoms with E-state index in [4.69, 9.17) is 4.74 Å². The van der Waals surface area contributed by atoms with Gasteiger partial charge in [0, 0.05) is 50.8 Å². The first-order valence-electron chi connectivity index (χ1n) is 8.48. The highest BCUT2D eigenvalue weighted by Gasteiger charge is 2.29. The summed E-state index contributed by atoms with van der Waals surface area (Å²) in [6.45, 7) is 12.4. The minimum Gasteiger partial charge on any atom is -0.381 e. The Labute approximate surface area is 124 Å². The topological polar surface area (TPSA) is 27.7 Å². The first kappa shape index (κ1) is 16.2. The van der Waals surface area contributed by atoms with E-state index in [0.717, 1.165) is 25.8 Å². The fourth-order valence-corrected chi connectivity index (χ4v) is 3.48.